The number of anilines is 1. The van der Waals surface area contributed by atoms with Gasteiger partial charge in [-0.3, -0.25) is 4.72 Å². The van der Waals surface area contributed by atoms with Crippen LogP contribution in [-0.2, 0) is 10.0 Å². The smallest absolute Gasteiger partial charge is 0.263 e. The molecule has 3 rings (SSSR count). The number of hydrogen-bond acceptors (Lipinski definition) is 7. The van der Waals surface area contributed by atoms with Gasteiger partial charge < -0.3 is 4.74 Å². The summed E-state index contributed by atoms with van der Waals surface area (Å²) in [7, 11) is -3.88. The summed E-state index contributed by atoms with van der Waals surface area (Å²) >= 11 is 4.32. The molecule has 0 radical (unpaired) electrons. The third-order valence-electron chi connectivity index (χ3n) is 3.34. The molecule has 0 saturated carbocycles. The maximum atomic E-state index is 12.4. The summed E-state index contributed by atoms with van der Waals surface area (Å²) in [6.45, 7) is 1.87. The molecule has 2 aromatic carbocycles. The topological polar surface area (TPSA) is 105 Å². The molecule has 10 heteroatoms. The van der Waals surface area contributed by atoms with Crippen molar-refractivity contribution in [2.75, 3.05) is 4.72 Å². The Labute approximate surface area is 162 Å². The second-order valence-corrected chi connectivity index (χ2v) is 8.43. The highest BCUT2D eigenvalue weighted by molar-refractivity contribution is 9.10. The summed E-state index contributed by atoms with van der Waals surface area (Å²) in [6.07, 6.45) is 1.25. The number of ether oxygens (including phenoxy) is 1. The molecule has 26 heavy (non-hydrogen) atoms. The molecule has 3 aromatic rings. The summed E-state index contributed by atoms with van der Waals surface area (Å²) in [4.78, 5) is 3.72. The zero-order chi connectivity index (χ0) is 18.7. The lowest BCUT2D eigenvalue weighted by Gasteiger charge is -2.13. The molecule has 0 spiro atoms. The summed E-state index contributed by atoms with van der Waals surface area (Å²) < 4.78 is 37.4. The summed E-state index contributed by atoms with van der Waals surface area (Å²) in [5, 5.41) is 9.55. The van der Waals surface area contributed by atoms with Crippen LogP contribution in [0.2, 0.25) is 0 Å². The normalized spacial score (nSPS) is 11.0. The first-order valence-electron chi connectivity index (χ1n) is 7.17. The Hall–Kier alpha value is -2.48. The van der Waals surface area contributed by atoms with Crippen molar-refractivity contribution in [2.24, 2.45) is 0 Å². The summed E-state index contributed by atoms with van der Waals surface area (Å²) in [5.74, 6) is 0.823. The number of sulfonamides is 1. The number of benzene rings is 2. The molecule has 0 amide bonds. The highest BCUT2D eigenvalue weighted by atomic mass is 79.9. The van der Waals surface area contributed by atoms with Gasteiger partial charge in [-0.1, -0.05) is 12.1 Å². The van der Waals surface area contributed by atoms with Gasteiger partial charge in [0.05, 0.1) is 14.9 Å². The van der Waals surface area contributed by atoms with Crippen molar-refractivity contribution in [2.45, 2.75) is 11.8 Å². The highest BCUT2D eigenvalue weighted by Crippen LogP contribution is 2.35. The monoisotopic (exact) mass is 450 g/mol. The lowest BCUT2D eigenvalue weighted by molar-refractivity contribution is 0.474. The Morgan fingerprint density at radius 2 is 2.12 bits per heavy atom. The quantitative estimate of drug-likeness (QED) is 0.627. The van der Waals surface area contributed by atoms with E-state index in [9.17, 15) is 13.7 Å². The minimum atomic E-state index is -3.88. The summed E-state index contributed by atoms with van der Waals surface area (Å²) in [6, 6.07) is 11.6. The molecule has 1 N–H and O–H groups in total. The van der Waals surface area contributed by atoms with E-state index >= 15 is 0 Å². The lowest BCUT2D eigenvalue weighted by atomic mass is 10.2. The van der Waals surface area contributed by atoms with E-state index in [0.717, 1.165) is 21.6 Å². The molecule has 0 aliphatic heterocycles. The maximum Gasteiger partial charge on any atom is 0.263 e. The van der Waals surface area contributed by atoms with Crippen LogP contribution in [0.3, 0.4) is 0 Å². The van der Waals surface area contributed by atoms with Gasteiger partial charge in [0.2, 0.25) is 5.13 Å². The fraction of sp³-hybridized carbons (Fsp3) is 0.0625. The van der Waals surface area contributed by atoms with Gasteiger partial charge in [-0.15, -0.1) is 0 Å². The van der Waals surface area contributed by atoms with Crippen molar-refractivity contribution in [3.05, 3.63) is 58.3 Å². The molecule has 132 valence electrons. The molecule has 0 aliphatic carbocycles. The van der Waals surface area contributed by atoms with Crippen molar-refractivity contribution in [3.63, 3.8) is 0 Å². The molecular formula is C16H11BrN4O3S2. The van der Waals surface area contributed by atoms with Crippen LogP contribution in [-0.4, -0.2) is 17.8 Å². The zero-order valence-electron chi connectivity index (χ0n) is 13.3. The van der Waals surface area contributed by atoms with Gasteiger partial charge >= 0.3 is 0 Å². The van der Waals surface area contributed by atoms with E-state index in [4.69, 9.17) is 4.74 Å². The van der Waals surface area contributed by atoms with Crippen LogP contribution in [0.25, 0.3) is 0 Å². The Balaban J connectivity index is 1.95. The number of rotatable bonds is 5. The third kappa shape index (κ3) is 3.85. The van der Waals surface area contributed by atoms with E-state index < -0.39 is 10.0 Å². The standard InChI is InChI=1S/C16H11BrN4O3S2/c1-10-3-2-4-13(17)15(10)24-14-6-5-12(7-11(14)8-18)26(22,23)21-16-19-9-20-25-16/h2-7,9H,1H3,(H,19,20,21). The number of nitrogens with zero attached hydrogens (tertiary/aromatic N) is 3. The zero-order valence-corrected chi connectivity index (χ0v) is 16.5. The number of aromatic nitrogens is 2. The average Bonchev–Trinajstić information content (AvgIpc) is 3.10. The number of halogens is 1. The SMILES string of the molecule is Cc1cccc(Br)c1Oc1ccc(S(=O)(=O)Nc2ncns2)cc1C#N. The van der Waals surface area contributed by atoms with Gasteiger partial charge in [0.1, 0.15) is 23.9 Å². The Morgan fingerprint density at radius 3 is 2.77 bits per heavy atom. The van der Waals surface area contributed by atoms with Gasteiger partial charge in [-0.05, 0) is 52.7 Å². The molecule has 0 saturated heterocycles. The van der Waals surface area contributed by atoms with Crippen LogP contribution in [0.15, 0.2) is 52.1 Å². The van der Waals surface area contributed by atoms with Crippen LogP contribution in [0.5, 0.6) is 11.5 Å². The molecule has 1 aromatic heterocycles. The van der Waals surface area contributed by atoms with E-state index in [1.54, 1.807) is 0 Å². The second-order valence-electron chi connectivity index (χ2n) is 5.11. The molecule has 7 nitrogen and oxygen atoms in total. The highest BCUT2D eigenvalue weighted by Gasteiger charge is 2.19. The minimum Gasteiger partial charge on any atom is -0.455 e. The third-order valence-corrected chi connectivity index (χ3v) is 6.01. The number of aryl methyl sites for hydroxylation is 1. The van der Waals surface area contributed by atoms with Crippen LogP contribution < -0.4 is 9.46 Å². The fourth-order valence-electron chi connectivity index (χ4n) is 2.10. The lowest BCUT2D eigenvalue weighted by Crippen LogP contribution is -2.13. The first-order valence-corrected chi connectivity index (χ1v) is 10.2. The van der Waals surface area contributed by atoms with Crippen molar-refractivity contribution in [1.82, 2.24) is 9.36 Å². The van der Waals surface area contributed by atoms with Crippen LogP contribution in [0, 0.1) is 18.3 Å². The first-order chi connectivity index (χ1) is 12.4. The van der Waals surface area contributed by atoms with Crippen molar-refractivity contribution in [1.29, 1.82) is 5.26 Å². The summed E-state index contributed by atoms with van der Waals surface area (Å²) in [5.41, 5.74) is 0.971. The molecule has 0 atom stereocenters. The predicted molar refractivity (Wildman–Crippen MR) is 101 cm³/mol. The minimum absolute atomic E-state index is 0.0690. The number of nitriles is 1. The maximum absolute atomic E-state index is 12.4. The largest absolute Gasteiger partial charge is 0.455 e. The fourth-order valence-corrected chi connectivity index (χ4v) is 4.33. The van der Waals surface area contributed by atoms with Crippen LogP contribution in [0.4, 0.5) is 5.13 Å². The van der Waals surface area contributed by atoms with E-state index in [2.05, 4.69) is 30.0 Å². The molecule has 0 bridgehead atoms. The average molecular weight is 451 g/mol. The Morgan fingerprint density at radius 1 is 1.31 bits per heavy atom. The van der Waals surface area contributed by atoms with E-state index in [0.29, 0.717) is 5.75 Å². The van der Waals surface area contributed by atoms with Crippen LogP contribution >= 0.6 is 27.5 Å². The molecule has 1 heterocycles. The second kappa shape index (κ2) is 7.41. The van der Waals surface area contributed by atoms with Gasteiger partial charge in [0.25, 0.3) is 10.0 Å². The van der Waals surface area contributed by atoms with Crippen molar-refractivity contribution < 1.29 is 13.2 Å². The number of para-hydroxylation sites is 1. The van der Waals surface area contributed by atoms with Gasteiger partial charge in [0.15, 0.2) is 0 Å². The van der Waals surface area contributed by atoms with Crippen molar-refractivity contribution >= 4 is 42.6 Å². The predicted octanol–water partition coefficient (Wildman–Crippen LogP) is 4.07. The molecule has 0 unspecified atom stereocenters. The van der Waals surface area contributed by atoms with E-state index in [1.165, 1.54) is 24.5 Å². The van der Waals surface area contributed by atoms with E-state index in [1.807, 2.05) is 31.2 Å². The molecular weight excluding hydrogens is 440 g/mol. The molecule has 0 fully saturated rings. The Kier molecular flexibility index (Phi) is 5.22. The van der Waals surface area contributed by atoms with Gasteiger partial charge in [-0.25, -0.2) is 13.4 Å². The first kappa shape index (κ1) is 18.3. The van der Waals surface area contributed by atoms with E-state index in [-0.39, 0.29) is 21.3 Å². The number of nitrogens with one attached hydrogen (secondary N) is 1. The van der Waals surface area contributed by atoms with Crippen LogP contribution in [0.1, 0.15) is 11.1 Å². The molecule has 0 aliphatic rings. The number of hydrogen-bond donors (Lipinski definition) is 1. The van der Waals surface area contributed by atoms with Gasteiger partial charge in [-0.2, -0.15) is 9.64 Å². The van der Waals surface area contributed by atoms with Crippen molar-refractivity contribution in [3.8, 4) is 17.6 Å². The Bertz CT molecular complexity index is 1070. The van der Waals surface area contributed by atoms with Gasteiger partial charge in [0, 0.05) is 11.5 Å².